The smallest absolute Gasteiger partial charge is 0.407 e. The fourth-order valence-corrected chi connectivity index (χ4v) is 4.35. The Morgan fingerprint density at radius 1 is 1.06 bits per heavy atom. The SMILES string of the molecule is CCC(Cc1cc(OC)c(SCCCCC(F)(F)F)cc1OC)NC(=O)OCc1ccccc1. The highest BCUT2D eigenvalue weighted by atomic mass is 32.2. The van der Waals surface area contributed by atoms with Gasteiger partial charge in [0.25, 0.3) is 0 Å². The first-order valence-corrected chi connectivity index (χ1v) is 12.2. The molecule has 0 aliphatic heterocycles. The fourth-order valence-electron chi connectivity index (χ4n) is 3.31. The van der Waals surface area contributed by atoms with Crippen LogP contribution in [0.15, 0.2) is 47.4 Å². The molecule has 9 heteroatoms. The minimum atomic E-state index is -4.12. The Morgan fingerprint density at radius 2 is 1.76 bits per heavy atom. The van der Waals surface area contributed by atoms with E-state index in [0.717, 1.165) is 16.0 Å². The van der Waals surface area contributed by atoms with Gasteiger partial charge in [-0.2, -0.15) is 13.2 Å². The number of nitrogens with one attached hydrogen (secondary N) is 1. The zero-order chi connectivity index (χ0) is 25.0. The number of halogens is 3. The maximum atomic E-state index is 12.3. The summed E-state index contributed by atoms with van der Waals surface area (Å²) in [5.41, 5.74) is 1.76. The first-order chi connectivity index (χ1) is 16.3. The Bertz CT molecular complexity index is 894. The Morgan fingerprint density at radius 3 is 2.38 bits per heavy atom. The number of thioether (sulfide) groups is 1. The van der Waals surface area contributed by atoms with E-state index in [2.05, 4.69) is 5.32 Å². The normalized spacial score (nSPS) is 12.2. The number of benzene rings is 2. The van der Waals surface area contributed by atoms with E-state index in [1.807, 2.05) is 49.4 Å². The average molecular weight is 500 g/mol. The van der Waals surface area contributed by atoms with E-state index in [4.69, 9.17) is 14.2 Å². The van der Waals surface area contributed by atoms with Gasteiger partial charge >= 0.3 is 12.3 Å². The van der Waals surface area contributed by atoms with Crippen LogP contribution in [0.1, 0.15) is 43.7 Å². The van der Waals surface area contributed by atoms with Crippen LogP contribution in [-0.4, -0.2) is 38.3 Å². The molecule has 188 valence electrons. The van der Waals surface area contributed by atoms with Crippen molar-refractivity contribution in [2.45, 2.75) is 62.7 Å². The maximum Gasteiger partial charge on any atom is 0.407 e. The highest BCUT2D eigenvalue weighted by molar-refractivity contribution is 7.99. The van der Waals surface area contributed by atoms with Crippen LogP contribution in [0.3, 0.4) is 0 Å². The number of hydrogen-bond acceptors (Lipinski definition) is 5. The molecule has 0 bridgehead atoms. The lowest BCUT2D eigenvalue weighted by atomic mass is 10.0. The highest BCUT2D eigenvalue weighted by Crippen LogP contribution is 2.37. The van der Waals surface area contributed by atoms with Crippen molar-refractivity contribution in [1.29, 1.82) is 0 Å². The molecular formula is C25H32F3NO4S. The number of ether oxygens (including phenoxy) is 3. The van der Waals surface area contributed by atoms with Gasteiger partial charge in [0.15, 0.2) is 0 Å². The molecule has 34 heavy (non-hydrogen) atoms. The lowest BCUT2D eigenvalue weighted by Gasteiger charge is -2.20. The Hall–Kier alpha value is -2.55. The minimum absolute atomic E-state index is 0.0955. The Balaban J connectivity index is 1.97. The second-order valence-electron chi connectivity index (χ2n) is 7.75. The molecule has 0 aliphatic carbocycles. The summed E-state index contributed by atoms with van der Waals surface area (Å²) in [6.45, 7) is 2.16. The summed E-state index contributed by atoms with van der Waals surface area (Å²) in [7, 11) is 3.11. The van der Waals surface area contributed by atoms with E-state index >= 15 is 0 Å². The summed E-state index contributed by atoms with van der Waals surface area (Å²) in [4.78, 5) is 13.1. The van der Waals surface area contributed by atoms with Crippen molar-refractivity contribution < 1.29 is 32.2 Å². The van der Waals surface area contributed by atoms with Gasteiger partial charge in [-0.05, 0) is 54.7 Å². The molecule has 1 N–H and O–H groups in total. The molecule has 2 aromatic rings. The van der Waals surface area contributed by atoms with Gasteiger partial charge in [0.1, 0.15) is 18.1 Å². The molecule has 0 heterocycles. The number of hydrogen-bond donors (Lipinski definition) is 1. The first-order valence-electron chi connectivity index (χ1n) is 11.2. The molecular weight excluding hydrogens is 467 g/mol. The van der Waals surface area contributed by atoms with Crippen molar-refractivity contribution >= 4 is 17.9 Å². The van der Waals surface area contributed by atoms with Crippen LogP contribution in [0.4, 0.5) is 18.0 Å². The van der Waals surface area contributed by atoms with Gasteiger partial charge in [0.05, 0.1) is 19.1 Å². The van der Waals surface area contributed by atoms with E-state index < -0.39 is 18.7 Å². The second-order valence-corrected chi connectivity index (χ2v) is 8.89. The lowest BCUT2D eigenvalue weighted by Crippen LogP contribution is -2.36. The Kier molecular flexibility index (Phi) is 11.4. The van der Waals surface area contributed by atoms with Gasteiger partial charge in [0, 0.05) is 12.5 Å². The molecule has 2 rings (SSSR count). The van der Waals surface area contributed by atoms with Crippen molar-refractivity contribution in [3.63, 3.8) is 0 Å². The van der Waals surface area contributed by atoms with Gasteiger partial charge in [-0.1, -0.05) is 37.3 Å². The van der Waals surface area contributed by atoms with E-state index in [9.17, 15) is 18.0 Å². The second kappa shape index (κ2) is 14.0. The summed E-state index contributed by atoms with van der Waals surface area (Å²) >= 11 is 1.44. The molecule has 0 saturated heterocycles. The molecule has 1 unspecified atom stereocenters. The van der Waals surface area contributed by atoms with E-state index in [-0.39, 0.29) is 19.1 Å². The van der Waals surface area contributed by atoms with Crippen molar-refractivity contribution in [3.8, 4) is 11.5 Å². The Labute approximate surface area is 203 Å². The van der Waals surface area contributed by atoms with Gasteiger partial charge in [-0.25, -0.2) is 4.79 Å². The lowest BCUT2D eigenvalue weighted by molar-refractivity contribution is -0.135. The maximum absolute atomic E-state index is 12.3. The number of methoxy groups -OCH3 is 2. The molecule has 1 atom stereocenters. The molecule has 1 amide bonds. The van der Waals surface area contributed by atoms with E-state index in [0.29, 0.717) is 36.5 Å². The number of carbonyl (C=O) groups excluding carboxylic acids is 1. The van der Waals surface area contributed by atoms with E-state index in [1.54, 1.807) is 14.2 Å². The van der Waals surface area contributed by atoms with Crippen LogP contribution < -0.4 is 14.8 Å². The zero-order valence-corrected chi connectivity index (χ0v) is 20.6. The van der Waals surface area contributed by atoms with Gasteiger partial charge < -0.3 is 19.5 Å². The van der Waals surface area contributed by atoms with Crippen LogP contribution in [0, 0.1) is 0 Å². The molecule has 2 aromatic carbocycles. The molecule has 5 nitrogen and oxygen atoms in total. The summed E-state index contributed by atoms with van der Waals surface area (Å²) in [6, 6.07) is 13.0. The first kappa shape index (κ1) is 27.7. The van der Waals surface area contributed by atoms with E-state index in [1.165, 1.54) is 11.8 Å². The largest absolute Gasteiger partial charge is 0.496 e. The average Bonchev–Trinajstić information content (AvgIpc) is 2.82. The zero-order valence-electron chi connectivity index (χ0n) is 19.7. The number of unbranched alkanes of at least 4 members (excludes halogenated alkanes) is 1. The predicted octanol–water partition coefficient (Wildman–Crippen LogP) is 6.78. The minimum Gasteiger partial charge on any atom is -0.496 e. The summed E-state index contributed by atoms with van der Waals surface area (Å²) < 4.78 is 53.4. The van der Waals surface area contributed by atoms with Crippen LogP contribution >= 0.6 is 11.8 Å². The van der Waals surface area contributed by atoms with Gasteiger partial charge in [-0.15, -0.1) is 11.8 Å². The predicted molar refractivity (Wildman–Crippen MR) is 128 cm³/mol. The standard InChI is InChI=1S/C25H32F3NO4S/c1-4-20(29-24(30)33-17-18-10-6-5-7-11-18)14-19-15-22(32-3)23(16-21(19)31-2)34-13-9-8-12-25(26,27)28/h5-7,10-11,15-16,20H,4,8-9,12-14,17H2,1-3H3,(H,29,30). The van der Waals surface area contributed by atoms with Crippen LogP contribution in [0.25, 0.3) is 0 Å². The number of amides is 1. The third kappa shape index (κ3) is 9.75. The van der Waals surface area contributed by atoms with Crippen molar-refractivity contribution in [1.82, 2.24) is 5.32 Å². The topological polar surface area (TPSA) is 56.8 Å². The third-order valence-corrected chi connectivity index (χ3v) is 6.30. The summed E-state index contributed by atoms with van der Waals surface area (Å²) in [5, 5.41) is 2.89. The highest BCUT2D eigenvalue weighted by Gasteiger charge is 2.26. The monoisotopic (exact) mass is 499 g/mol. The quantitative estimate of drug-likeness (QED) is 0.243. The number of carbonyl (C=O) groups is 1. The van der Waals surface area contributed by atoms with Crippen molar-refractivity contribution in [3.05, 3.63) is 53.6 Å². The molecule has 0 radical (unpaired) electrons. The van der Waals surface area contributed by atoms with Crippen molar-refractivity contribution in [2.24, 2.45) is 0 Å². The molecule has 0 spiro atoms. The van der Waals surface area contributed by atoms with Crippen LogP contribution in [-0.2, 0) is 17.8 Å². The third-order valence-electron chi connectivity index (χ3n) is 5.17. The van der Waals surface area contributed by atoms with Crippen molar-refractivity contribution in [2.75, 3.05) is 20.0 Å². The van der Waals surface area contributed by atoms with Gasteiger partial charge in [-0.3, -0.25) is 0 Å². The molecule has 0 aromatic heterocycles. The van der Waals surface area contributed by atoms with Crippen LogP contribution in [0.5, 0.6) is 11.5 Å². The number of rotatable bonds is 13. The van der Waals surface area contributed by atoms with Gasteiger partial charge in [0.2, 0.25) is 0 Å². The molecule has 0 fully saturated rings. The summed E-state index contributed by atoms with van der Waals surface area (Å²) in [6.07, 6.45) is -3.65. The number of alkyl carbamates (subject to hydrolysis) is 1. The number of alkyl halides is 3. The molecule has 0 saturated carbocycles. The fraction of sp³-hybridized carbons (Fsp3) is 0.480. The molecule has 0 aliphatic rings. The summed E-state index contributed by atoms with van der Waals surface area (Å²) in [5.74, 6) is 1.80. The van der Waals surface area contributed by atoms with Crippen LogP contribution in [0.2, 0.25) is 0 Å².